The summed E-state index contributed by atoms with van der Waals surface area (Å²) in [6.07, 6.45) is 0. The van der Waals surface area contributed by atoms with Crippen molar-refractivity contribution in [3.05, 3.63) is 57.3 Å². The lowest BCUT2D eigenvalue weighted by atomic mass is 10.2. The highest BCUT2D eigenvalue weighted by atomic mass is 32.1. The number of aryl methyl sites for hydroxylation is 4. The third kappa shape index (κ3) is 2.93. The maximum Gasteiger partial charge on any atom is 0.0481 e. The average Bonchev–Trinajstić information content (AvgIpc) is 3.27. The standard InChI is InChI=1S/C20H18S4/c1-11-9-17(15-7-5-13(3)21-15)23-19(11)20-12(2)10-18(24-20)16-8-6-14(4)22-16/h5-10H,1-4H3. The van der Waals surface area contributed by atoms with Crippen LogP contribution in [0.1, 0.15) is 20.9 Å². The first-order valence-electron chi connectivity index (χ1n) is 7.86. The summed E-state index contributed by atoms with van der Waals surface area (Å²) in [7, 11) is 0. The van der Waals surface area contributed by atoms with Crippen LogP contribution in [0.3, 0.4) is 0 Å². The lowest BCUT2D eigenvalue weighted by Crippen LogP contribution is -1.72. The van der Waals surface area contributed by atoms with Gasteiger partial charge in [-0.25, -0.2) is 0 Å². The van der Waals surface area contributed by atoms with E-state index in [0.717, 1.165) is 0 Å². The molecule has 4 rings (SSSR count). The van der Waals surface area contributed by atoms with Crippen LogP contribution in [0.25, 0.3) is 29.3 Å². The molecule has 24 heavy (non-hydrogen) atoms. The fraction of sp³-hybridized carbons (Fsp3) is 0.200. The minimum Gasteiger partial charge on any atom is -0.140 e. The molecule has 4 heteroatoms. The van der Waals surface area contributed by atoms with Crippen molar-refractivity contribution < 1.29 is 0 Å². The summed E-state index contributed by atoms with van der Waals surface area (Å²) in [5.74, 6) is 0. The molecule has 4 heterocycles. The Hall–Kier alpha value is -1.20. The zero-order chi connectivity index (χ0) is 16.8. The van der Waals surface area contributed by atoms with E-state index in [1.807, 2.05) is 45.3 Å². The molecule has 0 saturated carbocycles. The first-order chi connectivity index (χ1) is 11.5. The Kier molecular flexibility index (Phi) is 4.25. The quantitative estimate of drug-likeness (QED) is 0.333. The second-order valence-electron chi connectivity index (χ2n) is 6.07. The van der Waals surface area contributed by atoms with Gasteiger partial charge in [0.25, 0.3) is 0 Å². The minimum absolute atomic E-state index is 1.38. The molecule has 0 aliphatic carbocycles. The molecule has 0 atom stereocenters. The molecule has 0 aliphatic rings. The SMILES string of the molecule is Cc1ccc(-c2cc(C)c(-c3sc(-c4ccc(C)s4)cc3C)s2)s1. The highest BCUT2D eigenvalue weighted by Gasteiger charge is 2.16. The summed E-state index contributed by atoms with van der Waals surface area (Å²) < 4.78 is 0. The zero-order valence-electron chi connectivity index (χ0n) is 14.1. The molecule has 0 amide bonds. The van der Waals surface area contributed by atoms with Gasteiger partial charge in [-0.1, -0.05) is 0 Å². The first kappa shape index (κ1) is 16.3. The Balaban J connectivity index is 1.77. The van der Waals surface area contributed by atoms with Gasteiger partial charge in [0.15, 0.2) is 0 Å². The van der Waals surface area contributed by atoms with E-state index in [0.29, 0.717) is 0 Å². The summed E-state index contributed by atoms with van der Waals surface area (Å²) in [5, 5.41) is 0. The van der Waals surface area contributed by atoms with Gasteiger partial charge in [0.05, 0.1) is 0 Å². The van der Waals surface area contributed by atoms with E-state index in [1.165, 1.54) is 50.1 Å². The maximum atomic E-state index is 2.35. The summed E-state index contributed by atoms with van der Waals surface area (Å²) in [4.78, 5) is 11.2. The molecule has 0 fully saturated rings. The van der Waals surface area contributed by atoms with E-state index in [4.69, 9.17) is 0 Å². The van der Waals surface area contributed by atoms with Crippen LogP contribution in [-0.4, -0.2) is 0 Å². The molecule has 0 aliphatic heterocycles. The van der Waals surface area contributed by atoms with E-state index >= 15 is 0 Å². The van der Waals surface area contributed by atoms with E-state index in [-0.39, 0.29) is 0 Å². The predicted molar refractivity (Wildman–Crippen MR) is 113 cm³/mol. The van der Waals surface area contributed by atoms with E-state index < -0.39 is 0 Å². The van der Waals surface area contributed by atoms with Crippen molar-refractivity contribution in [1.29, 1.82) is 0 Å². The predicted octanol–water partition coefficient (Wildman–Crippen LogP) is 8.17. The molecule has 0 bridgehead atoms. The first-order valence-corrected chi connectivity index (χ1v) is 11.1. The van der Waals surface area contributed by atoms with Crippen molar-refractivity contribution in [3.63, 3.8) is 0 Å². The van der Waals surface area contributed by atoms with Crippen LogP contribution in [0.5, 0.6) is 0 Å². The van der Waals surface area contributed by atoms with Gasteiger partial charge in [-0.3, -0.25) is 0 Å². The van der Waals surface area contributed by atoms with Gasteiger partial charge < -0.3 is 0 Å². The van der Waals surface area contributed by atoms with E-state index in [1.54, 1.807) is 0 Å². The number of rotatable bonds is 3. The van der Waals surface area contributed by atoms with Gasteiger partial charge in [0.2, 0.25) is 0 Å². The van der Waals surface area contributed by atoms with E-state index in [9.17, 15) is 0 Å². The van der Waals surface area contributed by atoms with Crippen LogP contribution >= 0.6 is 45.3 Å². The summed E-state index contributed by atoms with van der Waals surface area (Å²) in [6.45, 7) is 8.83. The van der Waals surface area contributed by atoms with Crippen molar-refractivity contribution in [2.45, 2.75) is 27.7 Å². The second kappa shape index (κ2) is 6.26. The Morgan fingerprint density at radius 3 is 1.25 bits per heavy atom. The fourth-order valence-corrected chi connectivity index (χ4v) is 7.29. The van der Waals surface area contributed by atoms with Gasteiger partial charge in [-0.05, 0) is 75.2 Å². The zero-order valence-corrected chi connectivity index (χ0v) is 17.4. The maximum absolute atomic E-state index is 2.35. The Morgan fingerprint density at radius 2 is 0.917 bits per heavy atom. The summed E-state index contributed by atoms with van der Waals surface area (Å²) in [5.41, 5.74) is 2.78. The van der Waals surface area contributed by atoms with Gasteiger partial charge in [0.1, 0.15) is 0 Å². The highest BCUT2D eigenvalue weighted by Crippen LogP contribution is 2.46. The molecule has 4 aromatic rings. The van der Waals surface area contributed by atoms with Crippen LogP contribution in [0.2, 0.25) is 0 Å². The third-order valence-electron chi connectivity index (χ3n) is 4.01. The summed E-state index contributed by atoms with van der Waals surface area (Å²) in [6, 6.07) is 13.6. The molecular formula is C20H18S4. The second-order valence-corrected chi connectivity index (χ2v) is 10.7. The van der Waals surface area contributed by atoms with Crippen molar-refractivity contribution in [2.75, 3.05) is 0 Å². The molecule has 0 N–H and O–H groups in total. The normalized spacial score (nSPS) is 11.3. The molecule has 122 valence electrons. The van der Waals surface area contributed by atoms with Crippen molar-refractivity contribution in [1.82, 2.24) is 0 Å². The van der Waals surface area contributed by atoms with Crippen molar-refractivity contribution >= 4 is 45.3 Å². The molecule has 0 nitrogen and oxygen atoms in total. The van der Waals surface area contributed by atoms with Crippen LogP contribution in [0.15, 0.2) is 36.4 Å². The summed E-state index contributed by atoms with van der Waals surface area (Å²) >= 11 is 7.63. The van der Waals surface area contributed by atoms with E-state index in [2.05, 4.69) is 64.1 Å². The molecule has 0 aromatic carbocycles. The largest absolute Gasteiger partial charge is 0.140 e. The van der Waals surface area contributed by atoms with Crippen LogP contribution < -0.4 is 0 Å². The number of hydrogen-bond donors (Lipinski definition) is 0. The lowest BCUT2D eigenvalue weighted by Gasteiger charge is -1.97. The number of hydrogen-bond acceptors (Lipinski definition) is 4. The molecular weight excluding hydrogens is 368 g/mol. The van der Waals surface area contributed by atoms with Crippen LogP contribution in [0.4, 0.5) is 0 Å². The van der Waals surface area contributed by atoms with Crippen LogP contribution in [-0.2, 0) is 0 Å². The molecule has 4 aromatic heterocycles. The molecule has 0 unspecified atom stereocenters. The van der Waals surface area contributed by atoms with Gasteiger partial charge in [0, 0.05) is 39.0 Å². The van der Waals surface area contributed by atoms with Crippen molar-refractivity contribution in [3.8, 4) is 29.3 Å². The highest BCUT2D eigenvalue weighted by molar-refractivity contribution is 7.28. The fourth-order valence-electron chi connectivity index (χ4n) is 2.79. The van der Waals surface area contributed by atoms with Crippen LogP contribution in [0, 0.1) is 27.7 Å². The molecule has 0 radical (unpaired) electrons. The number of thiophene rings is 4. The third-order valence-corrected chi connectivity index (χ3v) is 9.04. The lowest BCUT2D eigenvalue weighted by molar-refractivity contribution is 1.51. The van der Waals surface area contributed by atoms with Gasteiger partial charge in [-0.15, -0.1) is 45.3 Å². The monoisotopic (exact) mass is 386 g/mol. The van der Waals surface area contributed by atoms with Gasteiger partial charge >= 0.3 is 0 Å². The van der Waals surface area contributed by atoms with Crippen molar-refractivity contribution in [2.24, 2.45) is 0 Å². The molecule has 0 saturated heterocycles. The smallest absolute Gasteiger partial charge is 0.0481 e. The minimum atomic E-state index is 1.38. The Labute approximate surface area is 159 Å². The van der Waals surface area contributed by atoms with Gasteiger partial charge in [-0.2, -0.15) is 0 Å². The topological polar surface area (TPSA) is 0 Å². The average molecular weight is 387 g/mol. The Bertz CT molecular complexity index is 924. The molecule has 0 spiro atoms. The Morgan fingerprint density at radius 1 is 0.500 bits per heavy atom.